The van der Waals surface area contributed by atoms with Crippen LogP contribution in [-0.2, 0) is 9.59 Å². The molecular formula is C20H20BrN3O3. The standard InChI is InChI=1S/C20H20BrN3O3/c1-13-10-16(21)6-9-18(13)23-19(25)12-24(3)20(26)14(2)27-17-7-4-15(11-22)5-8-17/h4-10,14H,12H2,1-3H3,(H,23,25). The number of benzene rings is 2. The first-order valence-electron chi connectivity index (χ1n) is 8.28. The fraction of sp³-hybridized carbons (Fsp3) is 0.250. The number of hydrogen-bond acceptors (Lipinski definition) is 4. The molecule has 0 saturated carbocycles. The van der Waals surface area contributed by atoms with Crippen LogP contribution in [0.25, 0.3) is 0 Å². The fourth-order valence-corrected chi connectivity index (χ4v) is 2.90. The predicted molar refractivity (Wildman–Crippen MR) is 106 cm³/mol. The van der Waals surface area contributed by atoms with E-state index in [0.717, 1.165) is 10.0 Å². The second kappa shape index (κ2) is 9.19. The molecular weight excluding hydrogens is 410 g/mol. The van der Waals surface area contributed by atoms with Crippen LogP contribution in [0.5, 0.6) is 5.75 Å². The normalized spacial score (nSPS) is 11.2. The largest absolute Gasteiger partial charge is 0.481 e. The van der Waals surface area contributed by atoms with Crippen molar-refractivity contribution in [1.29, 1.82) is 5.26 Å². The number of carbonyl (C=O) groups is 2. The first-order chi connectivity index (χ1) is 12.8. The molecule has 2 amide bonds. The van der Waals surface area contributed by atoms with Crippen LogP contribution in [0.1, 0.15) is 18.1 Å². The lowest BCUT2D eigenvalue weighted by atomic mass is 10.2. The lowest BCUT2D eigenvalue weighted by molar-refractivity contribution is -0.139. The Morgan fingerprint density at radius 1 is 1.26 bits per heavy atom. The van der Waals surface area contributed by atoms with Crippen molar-refractivity contribution < 1.29 is 14.3 Å². The number of amides is 2. The number of nitrogens with one attached hydrogen (secondary N) is 1. The van der Waals surface area contributed by atoms with Crippen molar-refractivity contribution in [3.63, 3.8) is 0 Å². The van der Waals surface area contributed by atoms with Crippen LogP contribution in [-0.4, -0.2) is 36.4 Å². The summed E-state index contributed by atoms with van der Waals surface area (Å²) in [5.41, 5.74) is 2.13. The van der Waals surface area contributed by atoms with Crippen LogP contribution in [0.15, 0.2) is 46.9 Å². The fourth-order valence-electron chi connectivity index (χ4n) is 2.42. The third-order valence-corrected chi connectivity index (χ3v) is 4.36. The van der Waals surface area contributed by atoms with Gasteiger partial charge in [-0.05, 0) is 61.9 Å². The topological polar surface area (TPSA) is 82.4 Å². The Morgan fingerprint density at radius 2 is 1.93 bits per heavy atom. The minimum atomic E-state index is -0.759. The second-order valence-electron chi connectivity index (χ2n) is 6.10. The molecule has 0 aliphatic heterocycles. The molecule has 2 rings (SSSR count). The Labute approximate surface area is 166 Å². The lowest BCUT2D eigenvalue weighted by Crippen LogP contribution is -2.42. The van der Waals surface area contributed by atoms with Crippen LogP contribution in [0.3, 0.4) is 0 Å². The molecule has 0 bridgehead atoms. The maximum absolute atomic E-state index is 12.4. The third-order valence-electron chi connectivity index (χ3n) is 3.86. The zero-order chi connectivity index (χ0) is 20.0. The van der Waals surface area contributed by atoms with Gasteiger partial charge in [-0.25, -0.2) is 0 Å². The van der Waals surface area contributed by atoms with Gasteiger partial charge in [-0.1, -0.05) is 15.9 Å². The van der Waals surface area contributed by atoms with Gasteiger partial charge < -0.3 is 15.0 Å². The van der Waals surface area contributed by atoms with Gasteiger partial charge in [-0.3, -0.25) is 9.59 Å². The molecule has 0 saturated heterocycles. The molecule has 2 aromatic carbocycles. The van der Waals surface area contributed by atoms with Gasteiger partial charge in [0.15, 0.2) is 6.10 Å². The summed E-state index contributed by atoms with van der Waals surface area (Å²) in [5.74, 6) is -0.123. The minimum absolute atomic E-state index is 0.0879. The summed E-state index contributed by atoms with van der Waals surface area (Å²) in [6, 6.07) is 14.1. The second-order valence-corrected chi connectivity index (χ2v) is 7.01. The van der Waals surface area contributed by atoms with Gasteiger partial charge in [0.25, 0.3) is 5.91 Å². The monoisotopic (exact) mass is 429 g/mol. The highest BCUT2D eigenvalue weighted by Crippen LogP contribution is 2.20. The average Bonchev–Trinajstić information content (AvgIpc) is 2.64. The summed E-state index contributed by atoms with van der Waals surface area (Å²) in [4.78, 5) is 26.0. The Morgan fingerprint density at radius 3 is 2.52 bits per heavy atom. The van der Waals surface area contributed by atoms with E-state index >= 15 is 0 Å². The van der Waals surface area contributed by atoms with Crippen molar-refractivity contribution in [1.82, 2.24) is 4.90 Å². The molecule has 1 N–H and O–H groups in total. The molecule has 0 spiro atoms. The SMILES string of the molecule is Cc1cc(Br)ccc1NC(=O)CN(C)C(=O)C(C)Oc1ccc(C#N)cc1. The van der Waals surface area contributed by atoms with Crippen LogP contribution in [0.4, 0.5) is 5.69 Å². The summed E-state index contributed by atoms with van der Waals surface area (Å²) in [5, 5.41) is 11.6. The van der Waals surface area contributed by atoms with Crippen molar-refractivity contribution in [2.24, 2.45) is 0 Å². The molecule has 1 unspecified atom stereocenters. The average molecular weight is 430 g/mol. The molecule has 0 radical (unpaired) electrons. The van der Waals surface area contributed by atoms with E-state index in [0.29, 0.717) is 17.0 Å². The van der Waals surface area contributed by atoms with E-state index in [1.54, 1.807) is 44.3 Å². The zero-order valence-electron chi connectivity index (χ0n) is 15.3. The summed E-state index contributed by atoms with van der Waals surface area (Å²) in [6.07, 6.45) is -0.759. The number of aryl methyl sites for hydroxylation is 1. The summed E-state index contributed by atoms with van der Waals surface area (Å²) >= 11 is 3.38. The zero-order valence-corrected chi connectivity index (χ0v) is 16.9. The van der Waals surface area contributed by atoms with Crippen molar-refractivity contribution >= 4 is 33.4 Å². The summed E-state index contributed by atoms with van der Waals surface area (Å²) in [7, 11) is 1.55. The minimum Gasteiger partial charge on any atom is -0.481 e. The molecule has 2 aromatic rings. The molecule has 0 aliphatic rings. The van der Waals surface area contributed by atoms with E-state index in [2.05, 4.69) is 21.2 Å². The number of carbonyl (C=O) groups excluding carboxylic acids is 2. The summed E-state index contributed by atoms with van der Waals surface area (Å²) < 4.78 is 6.52. The maximum atomic E-state index is 12.4. The Bertz CT molecular complexity index is 875. The number of nitriles is 1. The van der Waals surface area contributed by atoms with Gasteiger partial charge in [-0.2, -0.15) is 5.26 Å². The van der Waals surface area contributed by atoms with Crippen LogP contribution < -0.4 is 10.1 Å². The van der Waals surface area contributed by atoms with Crippen molar-refractivity contribution in [3.05, 3.63) is 58.1 Å². The smallest absolute Gasteiger partial charge is 0.263 e. The molecule has 0 heterocycles. The number of rotatable bonds is 6. The van der Waals surface area contributed by atoms with Gasteiger partial charge >= 0.3 is 0 Å². The van der Waals surface area contributed by atoms with E-state index in [4.69, 9.17) is 10.00 Å². The van der Waals surface area contributed by atoms with E-state index < -0.39 is 6.10 Å². The lowest BCUT2D eigenvalue weighted by Gasteiger charge is -2.22. The molecule has 7 heteroatoms. The maximum Gasteiger partial charge on any atom is 0.263 e. The number of hydrogen-bond donors (Lipinski definition) is 1. The third kappa shape index (κ3) is 5.83. The molecule has 27 heavy (non-hydrogen) atoms. The van der Waals surface area contributed by atoms with Gasteiger partial charge in [0.2, 0.25) is 5.91 Å². The Hall–Kier alpha value is -2.85. The highest BCUT2D eigenvalue weighted by atomic mass is 79.9. The molecule has 0 aliphatic carbocycles. The van der Waals surface area contributed by atoms with Crippen molar-refractivity contribution in [3.8, 4) is 11.8 Å². The predicted octanol–water partition coefficient (Wildman–Crippen LogP) is 3.49. The molecule has 1 atom stereocenters. The first kappa shape index (κ1) is 20.5. The first-order valence-corrected chi connectivity index (χ1v) is 9.07. The Kier molecular flexibility index (Phi) is 6.97. The van der Waals surface area contributed by atoms with Gasteiger partial charge in [0, 0.05) is 17.2 Å². The van der Waals surface area contributed by atoms with Crippen LogP contribution in [0, 0.1) is 18.3 Å². The van der Waals surface area contributed by atoms with Gasteiger partial charge in [-0.15, -0.1) is 0 Å². The quantitative estimate of drug-likeness (QED) is 0.761. The molecule has 0 fully saturated rings. The number of halogens is 1. The highest BCUT2D eigenvalue weighted by molar-refractivity contribution is 9.10. The van der Waals surface area contributed by atoms with Gasteiger partial charge in [0.1, 0.15) is 5.75 Å². The van der Waals surface area contributed by atoms with Crippen molar-refractivity contribution in [2.45, 2.75) is 20.0 Å². The number of anilines is 1. The van der Waals surface area contributed by atoms with Crippen molar-refractivity contribution in [2.75, 3.05) is 18.9 Å². The molecule has 6 nitrogen and oxygen atoms in total. The molecule has 0 aromatic heterocycles. The van der Waals surface area contributed by atoms with Crippen LogP contribution >= 0.6 is 15.9 Å². The highest BCUT2D eigenvalue weighted by Gasteiger charge is 2.21. The molecule has 140 valence electrons. The Balaban J connectivity index is 1.91. The van der Waals surface area contributed by atoms with Crippen LogP contribution in [0.2, 0.25) is 0 Å². The van der Waals surface area contributed by atoms with Gasteiger partial charge in [0.05, 0.1) is 18.2 Å². The van der Waals surface area contributed by atoms with E-state index in [1.807, 2.05) is 25.1 Å². The number of nitrogens with zero attached hydrogens (tertiary/aromatic N) is 2. The van der Waals surface area contributed by atoms with E-state index in [1.165, 1.54) is 4.90 Å². The number of likely N-dealkylation sites (N-methyl/N-ethyl adjacent to an activating group) is 1. The van der Waals surface area contributed by atoms with E-state index in [-0.39, 0.29) is 18.4 Å². The summed E-state index contributed by atoms with van der Waals surface area (Å²) in [6.45, 7) is 3.42. The number of ether oxygens (including phenoxy) is 1. The van der Waals surface area contributed by atoms with E-state index in [9.17, 15) is 9.59 Å².